The van der Waals surface area contributed by atoms with Crippen LogP contribution in [0.4, 0.5) is 0 Å². The van der Waals surface area contributed by atoms with Gasteiger partial charge in [0, 0.05) is 6.42 Å². The second kappa shape index (κ2) is 4.52. The topological polar surface area (TPSA) is 80.9 Å². The molecule has 2 rings (SSSR count). The lowest BCUT2D eigenvalue weighted by Crippen LogP contribution is -2.01. The van der Waals surface area contributed by atoms with Gasteiger partial charge in [-0.2, -0.15) is 0 Å². The quantitative estimate of drug-likeness (QED) is 0.816. The summed E-state index contributed by atoms with van der Waals surface area (Å²) in [4.78, 5) is 11.8. The number of aliphatic carboxylic acids is 1. The molecule has 0 spiro atoms. The van der Waals surface area contributed by atoms with Gasteiger partial charge in [0.05, 0.1) is 12.1 Å². The number of aryl methyl sites for hydroxylation is 1. The number of para-hydroxylation sites is 1. The van der Waals surface area contributed by atoms with Gasteiger partial charge in [-0.1, -0.05) is 18.2 Å². The van der Waals surface area contributed by atoms with Gasteiger partial charge in [0.15, 0.2) is 5.82 Å². The van der Waals surface area contributed by atoms with Crippen LogP contribution in [-0.2, 0) is 11.2 Å². The maximum atomic E-state index is 10.4. The standard InChI is InChI=1S/C10H10N4O2/c15-10(16)7-6-9-11-13-14(12-9)8-4-2-1-3-5-8/h1-5H,6-7H2,(H,15,16). The average molecular weight is 218 g/mol. The van der Waals surface area contributed by atoms with Crippen molar-refractivity contribution in [3.63, 3.8) is 0 Å². The molecule has 0 saturated carbocycles. The van der Waals surface area contributed by atoms with Crippen LogP contribution in [0.25, 0.3) is 5.69 Å². The number of nitrogens with zero attached hydrogens (tertiary/aromatic N) is 4. The Bertz CT molecular complexity index is 481. The number of benzene rings is 1. The van der Waals surface area contributed by atoms with Crippen LogP contribution in [-0.4, -0.2) is 31.3 Å². The highest BCUT2D eigenvalue weighted by Crippen LogP contribution is 2.03. The van der Waals surface area contributed by atoms with E-state index in [0.717, 1.165) is 5.69 Å². The maximum Gasteiger partial charge on any atom is 0.303 e. The predicted octanol–water partition coefficient (Wildman–Crippen LogP) is 0.679. The Morgan fingerprint density at radius 1 is 1.31 bits per heavy atom. The third kappa shape index (κ3) is 2.41. The number of hydrogen-bond acceptors (Lipinski definition) is 4. The van der Waals surface area contributed by atoms with Gasteiger partial charge in [-0.25, -0.2) is 0 Å². The highest BCUT2D eigenvalue weighted by Gasteiger charge is 2.06. The monoisotopic (exact) mass is 218 g/mol. The number of aromatic nitrogens is 4. The van der Waals surface area contributed by atoms with Gasteiger partial charge in [0.1, 0.15) is 0 Å². The fraction of sp³-hybridized carbons (Fsp3) is 0.200. The van der Waals surface area contributed by atoms with Gasteiger partial charge in [0.2, 0.25) is 0 Å². The van der Waals surface area contributed by atoms with E-state index in [1.54, 1.807) is 0 Å². The van der Waals surface area contributed by atoms with Gasteiger partial charge >= 0.3 is 5.97 Å². The van der Waals surface area contributed by atoms with Crippen molar-refractivity contribution in [3.8, 4) is 5.69 Å². The van der Waals surface area contributed by atoms with E-state index < -0.39 is 5.97 Å². The first-order chi connectivity index (χ1) is 7.75. The molecule has 82 valence electrons. The normalized spacial score (nSPS) is 10.2. The zero-order chi connectivity index (χ0) is 11.4. The summed E-state index contributed by atoms with van der Waals surface area (Å²) in [5.41, 5.74) is 0.802. The minimum atomic E-state index is -0.865. The molecule has 2 aromatic rings. The van der Waals surface area contributed by atoms with Crippen molar-refractivity contribution in [2.45, 2.75) is 12.8 Å². The van der Waals surface area contributed by atoms with Crippen LogP contribution < -0.4 is 0 Å². The number of carbonyl (C=O) groups is 1. The van der Waals surface area contributed by atoms with Gasteiger partial charge < -0.3 is 5.11 Å². The highest BCUT2D eigenvalue weighted by atomic mass is 16.4. The molecule has 0 unspecified atom stereocenters. The Kier molecular flexibility index (Phi) is 2.90. The first kappa shape index (κ1) is 10.3. The average Bonchev–Trinajstić information content (AvgIpc) is 2.76. The summed E-state index contributed by atoms with van der Waals surface area (Å²) < 4.78 is 0. The van der Waals surface area contributed by atoms with Gasteiger partial charge in [-0.3, -0.25) is 4.79 Å². The van der Waals surface area contributed by atoms with Crippen molar-refractivity contribution >= 4 is 5.97 Å². The van der Waals surface area contributed by atoms with Crippen molar-refractivity contribution < 1.29 is 9.90 Å². The van der Waals surface area contributed by atoms with Gasteiger partial charge in [0.25, 0.3) is 0 Å². The lowest BCUT2D eigenvalue weighted by molar-refractivity contribution is -0.137. The summed E-state index contributed by atoms with van der Waals surface area (Å²) >= 11 is 0. The second-order valence-electron chi connectivity index (χ2n) is 3.22. The van der Waals surface area contributed by atoms with Crippen LogP contribution in [0.15, 0.2) is 30.3 Å². The Balaban J connectivity index is 2.11. The number of tetrazole rings is 1. The Morgan fingerprint density at radius 2 is 2.06 bits per heavy atom. The van der Waals surface area contributed by atoms with Crippen LogP contribution >= 0.6 is 0 Å². The molecule has 16 heavy (non-hydrogen) atoms. The van der Waals surface area contributed by atoms with E-state index in [1.165, 1.54) is 4.80 Å². The summed E-state index contributed by atoms with van der Waals surface area (Å²) in [5, 5.41) is 20.2. The highest BCUT2D eigenvalue weighted by molar-refractivity contribution is 5.66. The van der Waals surface area contributed by atoms with Crippen LogP contribution in [0.5, 0.6) is 0 Å². The number of hydrogen-bond donors (Lipinski definition) is 1. The van der Waals surface area contributed by atoms with Gasteiger partial charge in [-0.15, -0.1) is 15.0 Å². The van der Waals surface area contributed by atoms with Crippen molar-refractivity contribution in [1.82, 2.24) is 20.2 Å². The zero-order valence-electron chi connectivity index (χ0n) is 8.45. The molecule has 0 aliphatic heterocycles. The maximum absolute atomic E-state index is 10.4. The van der Waals surface area contributed by atoms with E-state index in [2.05, 4.69) is 15.4 Å². The second-order valence-corrected chi connectivity index (χ2v) is 3.22. The zero-order valence-corrected chi connectivity index (χ0v) is 8.45. The number of carboxylic acids is 1. The minimum Gasteiger partial charge on any atom is -0.481 e. The van der Waals surface area contributed by atoms with Crippen molar-refractivity contribution in [3.05, 3.63) is 36.2 Å². The first-order valence-corrected chi connectivity index (χ1v) is 4.82. The smallest absolute Gasteiger partial charge is 0.303 e. The SMILES string of the molecule is O=C(O)CCc1nnn(-c2ccccc2)n1. The van der Waals surface area contributed by atoms with Crippen molar-refractivity contribution in [1.29, 1.82) is 0 Å². The molecular formula is C10H10N4O2. The lowest BCUT2D eigenvalue weighted by atomic mass is 10.3. The summed E-state index contributed by atoms with van der Waals surface area (Å²) in [7, 11) is 0. The first-order valence-electron chi connectivity index (χ1n) is 4.82. The van der Waals surface area contributed by atoms with Crippen LogP contribution in [0.1, 0.15) is 12.2 Å². The molecule has 1 aromatic heterocycles. The molecule has 0 fully saturated rings. The van der Waals surface area contributed by atoms with Crippen LogP contribution in [0, 0.1) is 0 Å². The molecule has 1 heterocycles. The molecule has 0 atom stereocenters. The third-order valence-corrected chi connectivity index (χ3v) is 2.00. The molecular weight excluding hydrogens is 208 g/mol. The largest absolute Gasteiger partial charge is 0.481 e. The molecule has 6 heteroatoms. The van der Waals surface area contributed by atoms with E-state index in [9.17, 15) is 4.79 Å². The van der Waals surface area contributed by atoms with E-state index >= 15 is 0 Å². The molecule has 0 radical (unpaired) electrons. The molecule has 0 saturated heterocycles. The van der Waals surface area contributed by atoms with Crippen LogP contribution in [0.2, 0.25) is 0 Å². The summed E-state index contributed by atoms with van der Waals surface area (Å²) in [6, 6.07) is 9.34. The van der Waals surface area contributed by atoms with E-state index in [1.807, 2.05) is 30.3 Å². The minimum absolute atomic E-state index is 0.0144. The molecule has 0 aliphatic rings. The van der Waals surface area contributed by atoms with E-state index in [4.69, 9.17) is 5.11 Å². The molecule has 1 N–H and O–H groups in total. The predicted molar refractivity (Wildman–Crippen MR) is 55.1 cm³/mol. The number of rotatable bonds is 4. The summed E-state index contributed by atoms with van der Waals surface area (Å²) in [6.45, 7) is 0. The van der Waals surface area contributed by atoms with Gasteiger partial charge in [-0.05, 0) is 17.3 Å². The Hall–Kier alpha value is -2.24. The summed E-state index contributed by atoms with van der Waals surface area (Å²) in [5.74, 6) is -0.428. The van der Waals surface area contributed by atoms with E-state index in [-0.39, 0.29) is 6.42 Å². The third-order valence-electron chi connectivity index (χ3n) is 2.00. The fourth-order valence-corrected chi connectivity index (χ4v) is 1.23. The Morgan fingerprint density at radius 3 is 2.75 bits per heavy atom. The fourth-order valence-electron chi connectivity index (χ4n) is 1.23. The molecule has 0 bridgehead atoms. The van der Waals surface area contributed by atoms with Crippen LogP contribution in [0.3, 0.4) is 0 Å². The van der Waals surface area contributed by atoms with Crippen molar-refractivity contribution in [2.24, 2.45) is 0 Å². The summed E-state index contributed by atoms with van der Waals surface area (Å²) in [6.07, 6.45) is 0.308. The molecule has 0 aliphatic carbocycles. The number of carboxylic acid groups (broad SMARTS) is 1. The molecule has 1 aromatic carbocycles. The molecule has 6 nitrogen and oxygen atoms in total. The van der Waals surface area contributed by atoms with E-state index in [0.29, 0.717) is 12.2 Å². The molecule has 0 amide bonds. The Labute approximate surface area is 91.5 Å². The lowest BCUT2D eigenvalue weighted by Gasteiger charge is -1.95. The van der Waals surface area contributed by atoms with Crippen molar-refractivity contribution in [2.75, 3.05) is 0 Å².